The van der Waals surface area contributed by atoms with Gasteiger partial charge in [0.25, 0.3) is 5.56 Å². The van der Waals surface area contributed by atoms with Crippen LogP contribution in [0.3, 0.4) is 0 Å². The fourth-order valence-corrected chi connectivity index (χ4v) is 3.28. The second-order valence-electron chi connectivity index (χ2n) is 7.37. The van der Waals surface area contributed by atoms with Crippen molar-refractivity contribution in [1.82, 2.24) is 19.9 Å². The number of aromatic nitrogens is 3. The predicted molar refractivity (Wildman–Crippen MR) is 97.9 cm³/mol. The Labute approximate surface area is 176 Å². The van der Waals surface area contributed by atoms with Crippen LogP contribution in [0.1, 0.15) is 25.0 Å². The minimum atomic E-state index is -4.93. The topological polar surface area (TPSA) is 100 Å². The van der Waals surface area contributed by atoms with Gasteiger partial charge in [-0.2, -0.15) is 26.3 Å². The van der Waals surface area contributed by atoms with Gasteiger partial charge in [0, 0.05) is 31.2 Å². The van der Waals surface area contributed by atoms with Crippen molar-refractivity contribution in [2.75, 3.05) is 11.9 Å². The van der Waals surface area contributed by atoms with Crippen LogP contribution in [0, 0.1) is 5.92 Å². The van der Waals surface area contributed by atoms with Gasteiger partial charge in [-0.3, -0.25) is 4.79 Å². The molecule has 0 aliphatic carbocycles. The maximum absolute atomic E-state index is 12.9. The third-order valence-electron chi connectivity index (χ3n) is 4.76. The Morgan fingerprint density at radius 3 is 2.34 bits per heavy atom. The number of amides is 1. The number of pyridine rings is 1. The monoisotopic (exact) mass is 465 g/mol. The standard InChI is InChI=1S/C18H17F6N5O3/c1-8(2)13-12(28-15-26-4-9(5-27-15)17(19,20)21)7-29(13)16(31)32-10-3-11(18(22,23)24)14(30)25-6-10/h3-6,8,12-13H,7H2,1-2H3,(H,25,30)(H,26,27,28). The van der Waals surface area contributed by atoms with Gasteiger partial charge in [0.15, 0.2) is 0 Å². The SMILES string of the molecule is CC(C)C1C(Nc2ncc(C(F)(F)F)cn2)CN1C(=O)Oc1c[nH]c(=O)c(C(F)(F)F)c1. The first-order chi connectivity index (χ1) is 14.8. The number of likely N-dealkylation sites (tertiary alicyclic amines) is 1. The van der Waals surface area contributed by atoms with E-state index in [0.717, 1.165) is 6.20 Å². The number of alkyl halides is 6. The van der Waals surface area contributed by atoms with Gasteiger partial charge in [0.2, 0.25) is 5.95 Å². The van der Waals surface area contributed by atoms with Crippen LogP contribution in [-0.2, 0) is 12.4 Å². The number of carbonyl (C=O) groups is 1. The largest absolute Gasteiger partial charge is 0.421 e. The van der Waals surface area contributed by atoms with E-state index in [0.29, 0.717) is 18.5 Å². The van der Waals surface area contributed by atoms with Gasteiger partial charge in [-0.15, -0.1) is 0 Å². The third kappa shape index (κ3) is 4.94. The zero-order valence-corrected chi connectivity index (χ0v) is 16.6. The number of nitrogens with zero attached hydrogens (tertiary/aromatic N) is 3. The second kappa shape index (κ2) is 8.31. The van der Waals surface area contributed by atoms with Gasteiger partial charge in [-0.25, -0.2) is 14.8 Å². The molecule has 0 radical (unpaired) electrons. The summed E-state index contributed by atoms with van der Waals surface area (Å²) in [6.45, 7) is 3.59. The van der Waals surface area contributed by atoms with Crippen LogP contribution < -0.4 is 15.6 Å². The van der Waals surface area contributed by atoms with Crippen molar-refractivity contribution in [2.45, 2.75) is 38.3 Å². The number of ether oxygens (including phenoxy) is 1. The molecule has 14 heteroatoms. The number of carbonyl (C=O) groups excluding carboxylic acids is 1. The van der Waals surface area contributed by atoms with E-state index in [1.54, 1.807) is 13.8 Å². The van der Waals surface area contributed by atoms with Crippen molar-refractivity contribution in [1.29, 1.82) is 0 Å². The lowest BCUT2D eigenvalue weighted by atomic mass is 9.87. The van der Waals surface area contributed by atoms with Crippen LogP contribution in [0.25, 0.3) is 0 Å². The zero-order valence-electron chi connectivity index (χ0n) is 16.6. The Morgan fingerprint density at radius 1 is 1.19 bits per heavy atom. The number of aromatic amines is 1. The maximum Gasteiger partial charge on any atom is 0.421 e. The lowest BCUT2D eigenvalue weighted by Gasteiger charge is -2.49. The summed E-state index contributed by atoms with van der Waals surface area (Å²) < 4.78 is 81.4. The van der Waals surface area contributed by atoms with Crippen LogP contribution >= 0.6 is 0 Å². The van der Waals surface area contributed by atoms with E-state index in [1.165, 1.54) is 4.90 Å². The molecular formula is C18H17F6N5O3. The van der Waals surface area contributed by atoms with E-state index in [-0.39, 0.29) is 18.4 Å². The highest BCUT2D eigenvalue weighted by molar-refractivity contribution is 5.72. The molecule has 2 N–H and O–H groups in total. The smallest absolute Gasteiger partial charge is 0.409 e. The molecule has 2 atom stereocenters. The second-order valence-corrected chi connectivity index (χ2v) is 7.37. The number of hydrogen-bond donors (Lipinski definition) is 2. The molecule has 3 rings (SSSR count). The van der Waals surface area contributed by atoms with Crippen molar-refractivity contribution < 1.29 is 35.9 Å². The van der Waals surface area contributed by atoms with Crippen LogP contribution in [0.5, 0.6) is 5.75 Å². The molecule has 1 saturated heterocycles. The fourth-order valence-electron chi connectivity index (χ4n) is 3.28. The Hall–Kier alpha value is -3.32. The number of halogens is 6. The Kier molecular flexibility index (Phi) is 6.07. The molecular weight excluding hydrogens is 448 g/mol. The van der Waals surface area contributed by atoms with Gasteiger partial charge in [-0.05, 0) is 5.92 Å². The van der Waals surface area contributed by atoms with Crippen molar-refractivity contribution in [2.24, 2.45) is 5.92 Å². The molecule has 174 valence electrons. The van der Waals surface area contributed by atoms with E-state index in [1.807, 2.05) is 4.98 Å². The maximum atomic E-state index is 12.9. The third-order valence-corrected chi connectivity index (χ3v) is 4.76. The molecule has 0 aromatic carbocycles. The highest BCUT2D eigenvalue weighted by atomic mass is 19.4. The van der Waals surface area contributed by atoms with E-state index < -0.39 is 53.0 Å². The van der Waals surface area contributed by atoms with E-state index in [9.17, 15) is 35.9 Å². The van der Waals surface area contributed by atoms with Crippen LogP contribution in [-0.4, -0.2) is 44.6 Å². The quantitative estimate of drug-likeness (QED) is 0.671. The number of nitrogens with one attached hydrogen (secondary N) is 2. The molecule has 1 aliphatic rings. The summed E-state index contributed by atoms with van der Waals surface area (Å²) in [4.78, 5) is 34.1. The Bertz CT molecular complexity index is 1040. The first-order valence-corrected chi connectivity index (χ1v) is 9.21. The van der Waals surface area contributed by atoms with Gasteiger partial charge in [0.1, 0.15) is 11.3 Å². The highest BCUT2D eigenvalue weighted by Gasteiger charge is 2.45. The summed E-state index contributed by atoms with van der Waals surface area (Å²) in [5, 5.41) is 2.84. The summed E-state index contributed by atoms with van der Waals surface area (Å²) in [7, 11) is 0. The number of rotatable bonds is 4. The van der Waals surface area contributed by atoms with E-state index in [2.05, 4.69) is 15.3 Å². The van der Waals surface area contributed by atoms with Gasteiger partial charge < -0.3 is 19.9 Å². The van der Waals surface area contributed by atoms with Crippen molar-refractivity contribution in [3.8, 4) is 5.75 Å². The molecule has 1 fully saturated rings. The average molecular weight is 465 g/mol. The number of anilines is 1. The summed E-state index contributed by atoms with van der Waals surface area (Å²) in [6, 6.07) is -0.508. The number of H-pyrrole nitrogens is 1. The molecule has 0 saturated carbocycles. The van der Waals surface area contributed by atoms with Crippen molar-refractivity contribution in [3.63, 3.8) is 0 Å². The van der Waals surface area contributed by atoms with Crippen LogP contribution in [0.15, 0.2) is 29.5 Å². The zero-order chi connectivity index (χ0) is 23.8. The molecule has 2 aromatic rings. The highest BCUT2D eigenvalue weighted by Crippen LogP contribution is 2.31. The summed E-state index contributed by atoms with van der Waals surface area (Å²) >= 11 is 0. The van der Waals surface area contributed by atoms with Gasteiger partial charge in [0.05, 0.1) is 17.6 Å². The predicted octanol–water partition coefficient (Wildman–Crippen LogP) is 3.52. The Balaban J connectivity index is 1.68. The number of hydrogen-bond acceptors (Lipinski definition) is 6. The van der Waals surface area contributed by atoms with Crippen LogP contribution in [0.4, 0.5) is 37.1 Å². The van der Waals surface area contributed by atoms with E-state index >= 15 is 0 Å². The lowest BCUT2D eigenvalue weighted by Crippen LogP contribution is -2.67. The molecule has 0 bridgehead atoms. The molecule has 0 spiro atoms. The fraction of sp³-hybridized carbons (Fsp3) is 0.444. The van der Waals surface area contributed by atoms with E-state index in [4.69, 9.17) is 4.74 Å². The summed E-state index contributed by atoms with van der Waals surface area (Å²) in [5.41, 5.74) is -3.89. The molecule has 1 amide bonds. The van der Waals surface area contributed by atoms with Crippen LogP contribution in [0.2, 0.25) is 0 Å². The first-order valence-electron chi connectivity index (χ1n) is 9.21. The molecule has 2 aromatic heterocycles. The minimum absolute atomic E-state index is 0.0432. The summed E-state index contributed by atoms with van der Waals surface area (Å²) in [6.07, 6.45) is -8.37. The van der Waals surface area contributed by atoms with Gasteiger partial charge in [-0.1, -0.05) is 13.8 Å². The molecule has 32 heavy (non-hydrogen) atoms. The molecule has 3 heterocycles. The lowest BCUT2D eigenvalue weighted by molar-refractivity contribution is -0.139. The average Bonchev–Trinajstić information content (AvgIpc) is 2.64. The van der Waals surface area contributed by atoms with Gasteiger partial charge >= 0.3 is 18.4 Å². The normalized spacial score (nSPS) is 19.0. The van der Waals surface area contributed by atoms with Crippen molar-refractivity contribution >= 4 is 12.0 Å². The van der Waals surface area contributed by atoms with Crippen molar-refractivity contribution in [3.05, 3.63) is 46.1 Å². The Morgan fingerprint density at radius 2 is 1.81 bits per heavy atom. The first kappa shape index (κ1) is 23.3. The summed E-state index contributed by atoms with van der Waals surface area (Å²) in [5.74, 6) is -0.714. The molecule has 8 nitrogen and oxygen atoms in total. The molecule has 2 unspecified atom stereocenters. The molecule has 1 aliphatic heterocycles. The minimum Gasteiger partial charge on any atom is -0.409 e.